The Balaban J connectivity index is 1.83. The third-order valence-corrected chi connectivity index (χ3v) is 4.53. The van der Waals surface area contributed by atoms with Crippen LogP contribution in [0, 0.1) is 23.2 Å². The molecular weight excluding hydrogens is 358 g/mol. The molecule has 1 aromatic carbocycles. The lowest BCUT2D eigenvalue weighted by Crippen LogP contribution is -2.34. The number of benzene rings is 1. The van der Waals surface area contributed by atoms with Crippen LogP contribution in [0.1, 0.15) is 32.3 Å². The number of carboxylic acid groups (broad SMARTS) is 1. The van der Waals surface area contributed by atoms with Gasteiger partial charge in [-0.2, -0.15) is 5.26 Å². The van der Waals surface area contributed by atoms with Gasteiger partial charge in [-0.25, -0.2) is 9.78 Å². The van der Waals surface area contributed by atoms with E-state index in [0.29, 0.717) is 28.3 Å². The summed E-state index contributed by atoms with van der Waals surface area (Å²) in [5, 5.41) is 24.4. The van der Waals surface area contributed by atoms with Crippen LogP contribution in [0.25, 0.3) is 11.3 Å². The third-order valence-electron chi connectivity index (χ3n) is 4.53. The van der Waals surface area contributed by atoms with E-state index in [2.05, 4.69) is 26.7 Å². The molecule has 1 aliphatic carbocycles. The summed E-state index contributed by atoms with van der Waals surface area (Å²) < 4.78 is 0. The fourth-order valence-electron chi connectivity index (χ4n) is 2.72. The maximum absolute atomic E-state index is 11.8. The van der Waals surface area contributed by atoms with Crippen molar-refractivity contribution in [2.24, 2.45) is 11.8 Å². The minimum atomic E-state index is -0.986. The largest absolute Gasteiger partial charge is 0.480 e. The first-order valence-electron chi connectivity index (χ1n) is 9.06. The van der Waals surface area contributed by atoms with E-state index in [9.17, 15) is 20.0 Å². The average molecular weight is 379 g/mol. The maximum atomic E-state index is 11.8. The van der Waals surface area contributed by atoms with Gasteiger partial charge in [-0.05, 0) is 30.9 Å². The number of amides is 1. The van der Waals surface area contributed by atoms with Crippen LogP contribution in [0.15, 0.2) is 30.6 Å². The van der Waals surface area contributed by atoms with Crippen molar-refractivity contribution in [2.45, 2.75) is 32.7 Å². The fourth-order valence-corrected chi connectivity index (χ4v) is 2.72. The van der Waals surface area contributed by atoms with Gasteiger partial charge in [0.25, 0.3) is 0 Å². The molecule has 3 N–H and O–H groups in total. The zero-order valence-electron chi connectivity index (χ0n) is 15.6. The molecule has 1 aromatic heterocycles. The molecule has 3 rings (SSSR count). The molecule has 0 aliphatic heterocycles. The van der Waals surface area contributed by atoms with Crippen molar-refractivity contribution in [3.8, 4) is 17.3 Å². The minimum Gasteiger partial charge on any atom is -0.480 e. The summed E-state index contributed by atoms with van der Waals surface area (Å²) in [4.78, 5) is 31.8. The molecule has 1 atom stereocenters. The number of hydrogen-bond donors (Lipinski definition) is 3. The number of carbonyl (C=O) groups is 2. The van der Waals surface area contributed by atoms with Gasteiger partial charge in [0.2, 0.25) is 5.91 Å². The van der Waals surface area contributed by atoms with Gasteiger partial charge in [-0.3, -0.25) is 9.78 Å². The second-order valence-corrected chi connectivity index (χ2v) is 7.13. The zero-order chi connectivity index (χ0) is 20.3. The number of carboxylic acids is 1. The van der Waals surface area contributed by atoms with E-state index in [0.717, 1.165) is 12.8 Å². The maximum Gasteiger partial charge on any atom is 0.326 e. The highest BCUT2D eigenvalue weighted by Crippen LogP contribution is 2.30. The smallest absolute Gasteiger partial charge is 0.326 e. The molecule has 1 amide bonds. The van der Waals surface area contributed by atoms with Crippen molar-refractivity contribution < 1.29 is 14.7 Å². The van der Waals surface area contributed by atoms with Crippen molar-refractivity contribution >= 4 is 23.4 Å². The van der Waals surface area contributed by atoms with Crippen LogP contribution in [-0.2, 0) is 9.59 Å². The SMILES string of the molecule is CC(C)[C@H](Nc1cc(-c2cnc(NC(=O)C3CC3)cn2)ccc1C#N)C(=O)O. The molecule has 8 nitrogen and oxygen atoms in total. The summed E-state index contributed by atoms with van der Waals surface area (Å²) in [7, 11) is 0. The van der Waals surface area contributed by atoms with Crippen LogP contribution in [-0.4, -0.2) is 33.0 Å². The Morgan fingerprint density at radius 3 is 2.54 bits per heavy atom. The molecule has 1 fully saturated rings. The lowest BCUT2D eigenvalue weighted by atomic mass is 10.0. The number of aromatic nitrogens is 2. The Morgan fingerprint density at radius 2 is 2.00 bits per heavy atom. The van der Waals surface area contributed by atoms with Gasteiger partial charge in [0.15, 0.2) is 5.82 Å². The number of anilines is 2. The van der Waals surface area contributed by atoms with Gasteiger partial charge in [0.05, 0.1) is 29.3 Å². The van der Waals surface area contributed by atoms with Crippen molar-refractivity contribution in [3.05, 3.63) is 36.2 Å². The minimum absolute atomic E-state index is 0.0414. The van der Waals surface area contributed by atoms with Crippen LogP contribution >= 0.6 is 0 Å². The molecule has 0 bridgehead atoms. The number of nitrogens with zero attached hydrogens (tertiary/aromatic N) is 3. The second-order valence-electron chi connectivity index (χ2n) is 7.13. The molecule has 1 aliphatic rings. The number of rotatable bonds is 7. The molecule has 0 radical (unpaired) electrons. The predicted octanol–water partition coefficient (Wildman–Crippen LogP) is 2.88. The second kappa shape index (κ2) is 8.05. The molecular formula is C20H21N5O3. The molecule has 0 saturated heterocycles. The standard InChI is InChI=1S/C20H21N5O3/c1-11(2)18(20(27)28)24-15-7-13(5-6-14(15)8-21)16-9-23-17(10-22-16)25-19(26)12-3-4-12/h5-7,9-12,18,24H,3-4H2,1-2H3,(H,27,28)(H,23,25,26)/t18-/m0/s1. The lowest BCUT2D eigenvalue weighted by molar-refractivity contribution is -0.138. The highest BCUT2D eigenvalue weighted by atomic mass is 16.4. The summed E-state index contributed by atoms with van der Waals surface area (Å²) in [5.74, 6) is -0.725. The molecule has 1 saturated carbocycles. The third kappa shape index (κ3) is 4.43. The summed E-state index contributed by atoms with van der Waals surface area (Å²) in [6.45, 7) is 3.59. The van der Waals surface area contributed by atoms with Gasteiger partial charge in [-0.1, -0.05) is 19.9 Å². The Labute approximate surface area is 162 Å². The number of carbonyl (C=O) groups excluding carboxylic acids is 1. The quantitative estimate of drug-likeness (QED) is 0.675. The average Bonchev–Trinajstić information content (AvgIpc) is 3.51. The van der Waals surface area contributed by atoms with Crippen LogP contribution in [0.4, 0.5) is 11.5 Å². The van der Waals surface area contributed by atoms with Crippen molar-refractivity contribution in [1.29, 1.82) is 5.26 Å². The lowest BCUT2D eigenvalue weighted by Gasteiger charge is -2.20. The number of hydrogen-bond acceptors (Lipinski definition) is 6. The van der Waals surface area contributed by atoms with Crippen molar-refractivity contribution in [1.82, 2.24) is 9.97 Å². The molecule has 8 heteroatoms. The summed E-state index contributed by atoms with van der Waals surface area (Å²) in [6.07, 6.45) is 4.83. The number of aliphatic carboxylic acids is 1. The van der Waals surface area contributed by atoms with Gasteiger partial charge in [-0.15, -0.1) is 0 Å². The van der Waals surface area contributed by atoms with E-state index in [1.807, 2.05) is 0 Å². The summed E-state index contributed by atoms with van der Waals surface area (Å²) in [5.41, 5.74) is 2.00. The highest BCUT2D eigenvalue weighted by molar-refractivity contribution is 5.93. The molecule has 28 heavy (non-hydrogen) atoms. The van der Waals surface area contributed by atoms with Crippen LogP contribution in [0.3, 0.4) is 0 Å². The van der Waals surface area contributed by atoms with Crippen LogP contribution in [0.2, 0.25) is 0 Å². The fraction of sp³-hybridized carbons (Fsp3) is 0.350. The van der Waals surface area contributed by atoms with Gasteiger partial charge < -0.3 is 15.7 Å². The van der Waals surface area contributed by atoms with E-state index >= 15 is 0 Å². The van der Waals surface area contributed by atoms with E-state index in [1.54, 1.807) is 32.0 Å². The van der Waals surface area contributed by atoms with Crippen LogP contribution in [0.5, 0.6) is 0 Å². The number of nitriles is 1. The first-order valence-corrected chi connectivity index (χ1v) is 9.06. The Hall–Kier alpha value is -3.47. The molecule has 0 spiro atoms. The van der Waals surface area contributed by atoms with Crippen molar-refractivity contribution in [3.63, 3.8) is 0 Å². The summed E-state index contributed by atoms with van der Waals surface area (Å²) in [6, 6.07) is 6.26. The topological polar surface area (TPSA) is 128 Å². The van der Waals surface area contributed by atoms with E-state index in [1.165, 1.54) is 12.4 Å². The Kier molecular flexibility index (Phi) is 5.54. The van der Waals surface area contributed by atoms with Crippen LogP contribution < -0.4 is 10.6 Å². The highest BCUT2D eigenvalue weighted by Gasteiger charge is 2.29. The Morgan fingerprint density at radius 1 is 1.25 bits per heavy atom. The zero-order valence-corrected chi connectivity index (χ0v) is 15.6. The Bertz CT molecular complexity index is 930. The molecule has 0 unspecified atom stereocenters. The van der Waals surface area contributed by atoms with Gasteiger partial charge in [0.1, 0.15) is 12.1 Å². The predicted molar refractivity (Wildman–Crippen MR) is 103 cm³/mol. The van der Waals surface area contributed by atoms with Gasteiger partial charge >= 0.3 is 5.97 Å². The summed E-state index contributed by atoms with van der Waals surface area (Å²) >= 11 is 0. The first kappa shape index (κ1) is 19.3. The van der Waals surface area contributed by atoms with E-state index in [-0.39, 0.29) is 17.7 Å². The first-order chi connectivity index (χ1) is 13.4. The normalized spacial score (nSPS) is 14.2. The number of nitrogens with one attached hydrogen (secondary N) is 2. The molecule has 1 heterocycles. The van der Waals surface area contributed by atoms with Crippen molar-refractivity contribution in [2.75, 3.05) is 10.6 Å². The van der Waals surface area contributed by atoms with Gasteiger partial charge in [0, 0.05) is 11.5 Å². The van der Waals surface area contributed by atoms with E-state index < -0.39 is 12.0 Å². The molecule has 144 valence electrons. The monoisotopic (exact) mass is 379 g/mol. The van der Waals surface area contributed by atoms with E-state index in [4.69, 9.17) is 0 Å². The molecule has 2 aromatic rings.